The van der Waals surface area contributed by atoms with Crippen LogP contribution in [0.25, 0.3) is 47.8 Å². The summed E-state index contributed by atoms with van der Waals surface area (Å²) in [5.74, 6) is -0.277. The molecule has 0 aliphatic carbocycles. The Labute approximate surface area is 171 Å². The van der Waals surface area contributed by atoms with Gasteiger partial charge in [-0.2, -0.15) is 0 Å². The number of imidazole rings is 1. The first-order valence-electron chi connectivity index (χ1n) is 8.29. The molecule has 0 saturated heterocycles. The molecule has 0 radical (unpaired) electrons. The number of para-hydroxylation sites is 1. The van der Waals surface area contributed by atoms with E-state index in [0.29, 0.717) is 0 Å². The van der Waals surface area contributed by atoms with E-state index in [0.717, 1.165) is 60.4 Å². The fraction of sp³-hybridized carbons (Fsp3) is 0. The van der Waals surface area contributed by atoms with Crippen molar-refractivity contribution in [2.45, 2.75) is 0 Å². The number of benzene rings is 3. The van der Waals surface area contributed by atoms with Crippen LogP contribution in [0.3, 0.4) is 0 Å². The zero-order valence-electron chi connectivity index (χ0n) is 14.0. The quantitative estimate of drug-likeness (QED) is 0.147. The number of thiophene rings is 1. The number of hydrogen-bond acceptors (Lipinski definition) is 2. The Kier molecular flexibility index (Phi) is 4.12. The first kappa shape index (κ1) is 17.1. The molecule has 27 heavy (non-hydrogen) atoms. The van der Waals surface area contributed by atoms with Gasteiger partial charge >= 0.3 is 27.0 Å². The number of aromatic nitrogens is 2. The molecule has 0 spiro atoms. The van der Waals surface area contributed by atoms with Gasteiger partial charge in [-0.05, 0) is 17.5 Å². The molecule has 3 heterocycles. The monoisotopic (exact) mass is 440 g/mol. The van der Waals surface area contributed by atoms with E-state index >= 15 is 0 Å². The van der Waals surface area contributed by atoms with E-state index < -0.39 is 0 Å². The van der Waals surface area contributed by atoms with Crippen LogP contribution < -0.4 is 0 Å². The molecule has 126 valence electrons. The Bertz CT molecular complexity index is 1470. The van der Waals surface area contributed by atoms with Crippen LogP contribution in [0.1, 0.15) is 0 Å². The molecular weight excluding hydrogens is 432 g/mol. The topological polar surface area (TPSA) is 17.3 Å². The molecule has 0 bridgehead atoms. The molecule has 0 unspecified atom stereocenters. The van der Waals surface area contributed by atoms with Crippen molar-refractivity contribution in [1.82, 2.24) is 9.38 Å². The molecule has 0 aliphatic heterocycles. The maximum absolute atomic E-state index is 13.9. The first-order chi connectivity index (χ1) is 13.3. The summed E-state index contributed by atoms with van der Waals surface area (Å²) in [6, 6.07) is 22.5. The molecule has 3 aromatic carbocycles. The van der Waals surface area contributed by atoms with E-state index in [1.54, 1.807) is 17.4 Å². The van der Waals surface area contributed by atoms with Crippen LogP contribution in [0.2, 0.25) is 0 Å². The fourth-order valence-electron chi connectivity index (χ4n) is 3.69. The fourth-order valence-corrected chi connectivity index (χ4v) is 4.84. The molecule has 6 heteroatoms. The third-order valence-corrected chi connectivity index (χ3v) is 5.89. The maximum atomic E-state index is 13.9. The molecule has 0 fully saturated rings. The summed E-state index contributed by atoms with van der Waals surface area (Å²) in [6.45, 7) is 0. The average molecular weight is 442 g/mol. The summed E-state index contributed by atoms with van der Waals surface area (Å²) in [5, 5.41) is 3.88. The van der Waals surface area contributed by atoms with Crippen molar-refractivity contribution in [3.05, 3.63) is 72.5 Å². The van der Waals surface area contributed by atoms with E-state index in [1.807, 2.05) is 24.3 Å². The van der Waals surface area contributed by atoms with Gasteiger partial charge in [0.1, 0.15) is 4.83 Å². The second-order valence-electron chi connectivity index (χ2n) is 6.15. The average Bonchev–Trinajstić information content (AvgIpc) is 3.26. The van der Waals surface area contributed by atoms with Crippen molar-refractivity contribution in [3.63, 3.8) is 0 Å². The van der Waals surface area contributed by atoms with Crippen LogP contribution in [0.5, 0.6) is 0 Å². The SMILES string of the molecule is Fc1c[c-]c2c(c1)c1ccccc1n1c2nc2c3ccccc3sc21.[Cl][Zn+]. The molecule has 6 aromatic rings. The van der Waals surface area contributed by atoms with E-state index in [4.69, 9.17) is 14.7 Å². The third kappa shape index (κ3) is 2.42. The van der Waals surface area contributed by atoms with Crippen molar-refractivity contribution in [2.24, 2.45) is 0 Å². The summed E-state index contributed by atoms with van der Waals surface area (Å²) in [5.41, 5.74) is 2.87. The van der Waals surface area contributed by atoms with Gasteiger partial charge in [0.25, 0.3) is 0 Å². The molecule has 2 nitrogen and oxygen atoms in total. The Morgan fingerprint density at radius 3 is 2.59 bits per heavy atom. The van der Waals surface area contributed by atoms with Crippen molar-refractivity contribution < 1.29 is 21.7 Å². The van der Waals surface area contributed by atoms with Crippen molar-refractivity contribution in [3.8, 4) is 0 Å². The standard InChI is InChI=1S/C21H10FN2S.ClH.Zn/c22-12-9-10-14-16(11-12)13-5-1-3-7-17(13)24-20(14)23-19-15-6-2-4-8-18(15)25-21(19)24;;/h1-9,11H;1H;/q-1;;+2/p-1. The van der Waals surface area contributed by atoms with Crippen LogP contribution in [0.15, 0.2) is 60.7 Å². The summed E-state index contributed by atoms with van der Waals surface area (Å²) in [4.78, 5) is 6.05. The molecule has 0 aliphatic rings. The molecule has 0 N–H and O–H groups in total. The predicted octanol–water partition coefficient (Wildman–Crippen LogP) is 6.63. The predicted molar refractivity (Wildman–Crippen MR) is 108 cm³/mol. The van der Waals surface area contributed by atoms with Crippen LogP contribution in [0, 0.1) is 11.9 Å². The first-order valence-corrected chi connectivity index (χ1v) is 13.0. The normalized spacial score (nSPS) is 11.6. The number of fused-ring (bicyclic) bond motifs is 10. The number of rotatable bonds is 0. The summed E-state index contributed by atoms with van der Waals surface area (Å²) in [6.07, 6.45) is 0. The van der Waals surface area contributed by atoms with Gasteiger partial charge in [0.05, 0.1) is 11.2 Å². The van der Waals surface area contributed by atoms with Crippen LogP contribution >= 0.6 is 21.0 Å². The van der Waals surface area contributed by atoms with E-state index in [2.05, 4.69) is 34.7 Å². The summed E-state index contributed by atoms with van der Waals surface area (Å²) < 4.78 is 17.3. The second kappa shape index (κ2) is 6.52. The third-order valence-electron chi connectivity index (χ3n) is 4.75. The second-order valence-corrected chi connectivity index (χ2v) is 7.18. The van der Waals surface area contributed by atoms with E-state index in [-0.39, 0.29) is 5.82 Å². The van der Waals surface area contributed by atoms with Gasteiger partial charge in [-0.15, -0.1) is 29.5 Å². The Morgan fingerprint density at radius 1 is 1.00 bits per heavy atom. The number of halogens is 2. The Morgan fingerprint density at radius 2 is 1.74 bits per heavy atom. The summed E-state index contributed by atoms with van der Waals surface area (Å²) >= 11 is 2.58. The van der Waals surface area contributed by atoms with Crippen LogP contribution in [-0.2, 0) is 17.3 Å². The van der Waals surface area contributed by atoms with E-state index in [1.165, 1.54) is 10.8 Å². The number of hydrogen-bond donors (Lipinski definition) is 0. The zero-order chi connectivity index (χ0) is 18.5. The molecule has 0 saturated carbocycles. The molecule has 6 rings (SSSR count). The Balaban J connectivity index is 0.000000777. The van der Waals surface area contributed by atoms with Gasteiger partial charge in [-0.25, -0.2) is 0 Å². The number of nitrogens with zero attached hydrogens (tertiary/aromatic N) is 2. The van der Waals surface area contributed by atoms with Gasteiger partial charge in [-0.3, -0.25) is 9.37 Å². The van der Waals surface area contributed by atoms with Crippen molar-refractivity contribution >= 4 is 68.8 Å². The van der Waals surface area contributed by atoms with Crippen LogP contribution in [0.4, 0.5) is 4.39 Å². The summed E-state index contributed by atoms with van der Waals surface area (Å²) in [7, 11) is 4.76. The number of pyridine rings is 1. The molecule has 0 atom stereocenters. The molecule has 0 amide bonds. The van der Waals surface area contributed by atoms with Gasteiger partial charge in [0.15, 0.2) is 0 Å². The van der Waals surface area contributed by atoms with Gasteiger partial charge in [0.2, 0.25) is 0 Å². The van der Waals surface area contributed by atoms with Crippen LogP contribution in [-0.4, -0.2) is 9.38 Å². The van der Waals surface area contributed by atoms with Crippen molar-refractivity contribution in [2.75, 3.05) is 0 Å². The van der Waals surface area contributed by atoms with Gasteiger partial charge in [-0.1, -0.05) is 47.2 Å². The molecular formula is C21H10ClFN2SZn. The van der Waals surface area contributed by atoms with Gasteiger partial charge in [0, 0.05) is 21.4 Å². The minimum atomic E-state index is -0.277. The van der Waals surface area contributed by atoms with Crippen molar-refractivity contribution in [1.29, 1.82) is 0 Å². The van der Waals surface area contributed by atoms with E-state index in [9.17, 15) is 4.39 Å². The zero-order valence-corrected chi connectivity index (χ0v) is 18.6. The molecule has 3 aromatic heterocycles. The van der Waals surface area contributed by atoms with Gasteiger partial charge < -0.3 is 4.40 Å². The Hall–Kier alpha value is -2.07. The minimum absolute atomic E-state index is 0.277.